The molecular formula is C14H19Cl2NO2. The van der Waals surface area contributed by atoms with Gasteiger partial charge in [0.15, 0.2) is 0 Å². The highest BCUT2D eigenvalue weighted by atomic mass is 35.5. The van der Waals surface area contributed by atoms with Crippen molar-refractivity contribution in [1.82, 2.24) is 5.32 Å². The first-order chi connectivity index (χ1) is 9.15. The Bertz CT molecular complexity index is 390. The van der Waals surface area contributed by atoms with E-state index in [1.165, 1.54) is 0 Å². The van der Waals surface area contributed by atoms with Crippen LogP contribution in [0.3, 0.4) is 0 Å². The van der Waals surface area contributed by atoms with Gasteiger partial charge in [-0.15, -0.1) is 0 Å². The molecular weight excluding hydrogens is 285 g/mol. The number of carbonyl (C=O) groups excluding carboxylic acids is 1. The summed E-state index contributed by atoms with van der Waals surface area (Å²) in [7, 11) is 0. The highest BCUT2D eigenvalue weighted by Crippen LogP contribution is 2.25. The molecule has 0 unspecified atom stereocenters. The number of hydrogen-bond acceptors (Lipinski definition) is 2. The van der Waals surface area contributed by atoms with E-state index in [0.717, 1.165) is 12.0 Å². The zero-order valence-electron chi connectivity index (χ0n) is 11.0. The second-order valence-electron chi connectivity index (χ2n) is 4.10. The van der Waals surface area contributed by atoms with Crippen LogP contribution in [0.1, 0.15) is 25.3 Å². The molecule has 0 atom stereocenters. The van der Waals surface area contributed by atoms with E-state index in [4.69, 9.17) is 27.9 Å². The van der Waals surface area contributed by atoms with Crippen LogP contribution in [0, 0.1) is 0 Å². The van der Waals surface area contributed by atoms with E-state index in [0.29, 0.717) is 42.6 Å². The molecule has 0 aromatic heterocycles. The second kappa shape index (κ2) is 9.18. The number of rotatable bonds is 8. The van der Waals surface area contributed by atoms with Crippen molar-refractivity contribution in [2.45, 2.75) is 26.2 Å². The van der Waals surface area contributed by atoms with Gasteiger partial charge in [0.25, 0.3) is 0 Å². The first-order valence-electron chi connectivity index (χ1n) is 6.42. The summed E-state index contributed by atoms with van der Waals surface area (Å²) in [5.41, 5.74) is 0.829. The minimum atomic E-state index is 0.00693. The fraction of sp³-hybridized carbons (Fsp3) is 0.500. The summed E-state index contributed by atoms with van der Waals surface area (Å²) >= 11 is 12.1. The topological polar surface area (TPSA) is 38.3 Å². The van der Waals surface area contributed by atoms with E-state index in [1.807, 2.05) is 6.92 Å². The first kappa shape index (κ1) is 16.3. The summed E-state index contributed by atoms with van der Waals surface area (Å²) in [4.78, 5) is 11.6. The molecule has 0 heterocycles. The van der Waals surface area contributed by atoms with Crippen LogP contribution in [0.25, 0.3) is 0 Å². The molecule has 1 amide bonds. The largest absolute Gasteiger partial charge is 0.382 e. The Morgan fingerprint density at radius 1 is 1.32 bits per heavy atom. The maximum atomic E-state index is 11.6. The highest BCUT2D eigenvalue weighted by molar-refractivity contribution is 6.36. The fourth-order valence-corrected chi connectivity index (χ4v) is 2.23. The third-order valence-corrected chi connectivity index (χ3v) is 3.36. The molecule has 0 aliphatic rings. The van der Waals surface area contributed by atoms with Crippen molar-refractivity contribution in [2.75, 3.05) is 19.8 Å². The first-order valence-corrected chi connectivity index (χ1v) is 7.18. The standard InChI is InChI=1S/C14H19Cl2NO2/c1-2-19-10-4-9-17-14(18)8-7-11-12(15)5-3-6-13(11)16/h3,5-6H,2,4,7-10H2,1H3,(H,17,18). The normalized spacial score (nSPS) is 10.5. The van der Waals surface area contributed by atoms with Crippen LogP contribution >= 0.6 is 23.2 Å². The molecule has 19 heavy (non-hydrogen) atoms. The summed E-state index contributed by atoms with van der Waals surface area (Å²) in [5.74, 6) is 0.00693. The summed E-state index contributed by atoms with van der Waals surface area (Å²) < 4.78 is 5.19. The van der Waals surface area contributed by atoms with Crippen LogP contribution in [0.5, 0.6) is 0 Å². The molecule has 0 radical (unpaired) electrons. The number of hydrogen-bond donors (Lipinski definition) is 1. The Morgan fingerprint density at radius 2 is 2.00 bits per heavy atom. The van der Waals surface area contributed by atoms with Crippen molar-refractivity contribution in [1.29, 1.82) is 0 Å². The quantitative estimate of drug-likeness (QED) is 0.747. The Balaban J connectivity index is 2.26. The van der Waals surface area contributed by atoms with Gasteiger partial charge in [-0.2, -0.15) is 0 Å². The molecule has 0 bridgehead atoms. The molecule has 106 valence electrons. The number of amides is 1. The summed E-state index contributed by atoms with van der Waals surface area (Å²) in [6, 6.07) is 5.35. The second-order valence-corrected chi connectivity index (χ2v) is 4.92. The molecule has 1 N–H and O–H groups in total. The van der Waals surface area contributed by atoms with Crippen LogP contribution in [-0.4, -0.2) is 25.7 Å². The Labute approximate surface area is 124 Å². The minimum absolute atomic E-state index is 0.00693. The number of halogens is 2. The molecule has 0 saturated heterocycles. The fourth-order valence-electron chi connectivity index (χ4n) is 1.64. The average molecular weight is 304 g/mol. The van der Waals surface area contributed by atoms with Crippen LogP contribution in [0.4, 0.5) is 0 Å². The molecule has 1 aromatic carbocycles. The van der Waals surface area contributed by atoms with Crippen molar-refractivity contribution >= 4 is 29.1 Å². The minimum Gasteiger partial charge on any atom is -0.382 e. The molecule has 1 rings (SSSR count). The number of carbonyl (C=O) groups is 1. The Hall–Kier alpha value is -0.770. The van der Waals surface area contributed by atoms with Gasteiger partial charge in [0.2, 0.25) is 5.91 Å². The molecule has 5 heteroatoms. The van der Waals surface area contributed by atoms with Crippen molar-refractivity contribution < 1.29 is 9.53 Å². The molecule has 0 spiro atoms. The van der Waals surface area contributed by atoms with Gasteiger partial charge in [0.1, 0.15) is 0 Å². The van der Waals surface area contributed by atoms with E-state index < -0.39 is 0 Å². The predicted octanol–water partition coefficient (Wildman–Crippen LogP) is 3.47. The third-order valence-electron chi connectivity index (χ3n) is 2.66. The maximum absolute atomic E-state index is 11.6. The summed E-state index contributed by atoms with van der Waals surface area (Å²) in [6.45, 7) is 3.97. The lowest BCUT2D eigenvalue weighted by molar-refractivity contribution is -0.121. The van der Waals surface area contributed by atoms with Crippen molar-refractivity contribution in [3.63, 3.8) is 0 Å². The molecule has 0 aliphatic heterocycles. The lowest BCUT2D eigenvalue weighted by Gasteiger charge is -2.08. The molecule has 3 nitrogen and oxygen atoms in total. The smallest absolute Gasteiger partial charge is 0.220 e. The summed E-state index contributed by atoms with van der Waals surface area (Å²) in [6.07, 6.45) is 1.76. The molecule has 0 aliphatic carbocycles. The molecule has 0 saturated carbocycles. The summed E-state index contributed by atoms with van der Waals surface area (Å²) in [5, 5.41) is 4.06. The van der Waals surface area contributed by atoms with Crippen molar-refractivity contribution in [3.8, 4) is 0 Å². The van der Waals surface area contributed by atoms with E-state index >= 15 is 0 Å². The van der Waals surface area contributed by atoms with Crippen LogP contribution < -0.4 is 5.32 Å². The number of benzene rings is 1. The number of ether oxygens (including phenoxy) is 1. The van der Waals surface area contributed by atoms with Crippen LogP contribution in [-0.2, 0) is 16.0 Å². The molecule has 0 fully saturated rings. The van der Waals surface area contributed by atoms with E-state index in [2.05, 4.69) is 5.32 Å². The Kier molecular flexibility index (Phi) is 7.87. The lowest BCUT2D eigenvalue weighted by atomic mass is 10.1. The monoisotopic (exact) mass is 303 g/mol. The van der Waals surface area contributed by atoms with Crippen molar-refractivity contribution in [3.05, 3.63) is 33.8 Å². The van der Waals surface area contributed by atoms with E-state index in [-0.39, 0.29) is 5.91 Å². The molecule has 1 aromatic rings. The van der Waals surface area contributed by atoms with E-state index in [9.17, 15) is 4.79 Å². The van der Waals surface area contributed by atoms with Gasteiger partial charge < -0.3 is 10.1 Å². The van der Waals surface area contributed by atoms with Gasteiger partial charge in [-0.25, -0.2) is 0 Å². The van der Waals surface area contributed by atoms with Gasteiger partial charge in [-0.1, -0.05) is 29.3 Å². The van der Waals surface area contributed by atoms with Crippen LogP contribution in [0.15, 0.2) is 18.2 Å². The van der Waals surface area contributed by atoms with Gasteiger partial charge in [-0.05, 0) is 37.5 Å². The number of nitrogens with one attached hydrogen (secondary N) is 1. The van der Waals surface area contributed by atoms with E-state index in [1.54, 1.807) is 18.2 Å². The SMILES string of the molecule is CCOCCCNC(=O)CCc1c(Cl)cccc1Cl. The van der Waals surface area contributed by atoms with Gasteiger partial charge >= 0.3 is 0 Å². The maximum Gasteiger partial charge on any atom is 0.220 e. The predicted molar refractivity (Wildman–Crippen MR) is 78.9 cm³/mol. The average Bonchev–Trinajstić information content (AvgIpc) is 2.38. The third kappa shape index (κ3) is 6.28. The van der Waals surface area contributed by atoms with Gasteiger partial charge in [0.05, 0.1) is 0 Å². The van der Waals surface area contributed by atoms with Gasteiger partial charge in [0, 0.05) is 36.2 Å². The zero-order chi connectivity index (χ0) is 14.1. The zero-order valence-corrected chi connectivity index (χ0v) is 12.6. The lowest BCUT2D eigenvalue weighted by Crippen LogP contribution is -2.25. The Morgan fingerprint density at radius 3 is 2.63 bits per heavy atom. The van der Waals surface area contributed by atoms with Crippen LogP contribution in [0.2, 0.25) is 10.0 Å². The highest BCUT2D eigenvalue weighted by Gasteiger charge is 2.08. The van der Waals surface area contributed by atoms with Gasteiger partial charge in [-0.3, -0.25) is 4.79 Å². The van der Waals surface area contributed by atoms with Crippen molar-refractivity contribution in [2.24, 2.45) is 0 Å².